The van der Waals surface area contributed by atoms with E-state index in [1.54, 1.807) is 19.1 Å². The van der Waals surface area contributed by atoms with E-state index in [1.165, 1.54) is 44.4 Å². The Bertz CT molecular complexity index is 1410. The minimum absolute atomic E-state index is 0.00608. The van der Waals surface area contributed by atoms with Crippen molar-refractivity contribution in [2.45, 2.75) is 26.0 Å². The standard InChI is InChI=1S/C22H20N4O7S2/c1-4-31-17-11-13(7-8-15(17)33-20(28)16-6-5-9-32-16)10-14-18(23)26-21(24-19(14)27)34-25-22(26)35(29,30)12(2)3/h5-12,23H,4H2,1-3H3/b14-10-,23-18?. The summed E-state index contributed by atoms with van der Waals surface area (Å²) in [5, 5.41) is 7.43. The molecule has 11 nitrogen and oxygen atoms in total. The molecule has 0 bridgehead atoms. The normalized spacial score (nSPS) is 16.9. The molecule has 4 rings (SSSR count). The second-order valence-corrected chi connectivity index (χ2v) is 10.6. The molecule has 0 atom stereocenters. The Kier molecular flexibility index (Phi) is 6.63. The Morgan fingerprint density at radius 2 is 2.06 bits per heavy atom. The molecule has 0 unspecified atom stereocenters. The molecule has 0 fully saturated rings. The van der Waals surface area contributed by atoms with Crippen LogP contribution in [-0.4, -0.2) is 53.2 Å². The summed E-state index contributed by atoms with van der Waals surface area (Å²) in [6.07, 6.45) is 2.73. The van der Waals surface area contributed by atoms with E-state index in [0.29, 0.717) is 5.56 Å². The van der Waals surface area contributed by atoms with Gasteiger partial charge in [-0.25, -0.2) is 18.1 Å². The number of benzene rings is 1. The summed E-state index contributed by atoms with van der Waals surface area (Å²) < 4.78 is 45.3. The number of amidine groups is 3. The number of nitrogens with one attached hydrogen (secondary N) is 1. The molecule has 1 aromatic carbocycles. The molecule has 182 valence electrons. The minimum atomic E-state index is -3.82. The number of aliphatic imine (C=N–C) groups is 1. The fourth-order valence-corrected chi connectivity index (χ4v) is 5.14. The predicted octanol–water partition coefficient (Wildman–Crippen LogP) is 3.30. The third-order valence-corrected chi connectivity index (χ3v) is 7.71. The number of carbonyl (C=O) groups is 2. The molecular formula is C22H20N4O7S2. The van der Waals surface area contributed by atoms with Crippen LogP contribution in [0.15, 0.2) is 56.0 Å². The fourth-order valence-electron chi connectivity index (χ4n) is 3.07. The van der Waals surface area contributed by atoms with E-state index < -0.39 is 27.0 Å². The molecule has 0 spiro atoms. The van der Waals surface area contributed by atoms with Gasteiger partial charge in [0.15, 0.2) is 11.5 Å². The highest BCUT2D eigenvalue weighted by molar-refractivity contribution is 8.16. The highest BCUT2D eigenvalue weighted by Gasteiger charge is 2.43. The van der Waals surface area contributed by atoms with Crippen molar-refractivity contribution in [1.82, 2.24) is 4.90 Å². The van der Waals surface area contributed by atoms with Gasteiger partial charge in [0.2, 0.25) is 25.9 Å². The Morgan fingerprint density at radius 1 is 1.29 bits per heavy atom. The van der Waals surface area contributed by atoms with Crippen LogP contribution in [0.3, 0.4) is 0 Å². The van der Waals surface area contributed by atoms with Gasteiger partial charge in [0.25, 0.3) is 5.91 Å². The molecule has 0 radical (unpaired) electrons. The van der Waals surface area contributed by atoms with Gasteiger partial charge in [-0.3, -0.25) is 10.2 Å². The number of nitrogens with zero attached hydrogens (tertiary/aromatic N) is 3. The SMILES string of the molecule is CCOc1cc(/C=C2/C(=N)N3C(=NC2=O)SN=C3S(=O)(=O)C(C)C)ccc1OC(=O)c1ccco1. The van der Waals surface area contributed by atoms with E-state index in [4.69, 9.17) is 19.3 Å². The molecule has 0 saturated carbocycles. The van der Waals surface area contributed by atoms with Crippen LogP contribution < -0.4 is 9.47 Å². The number of carbonyl (C=O) groups excluding carboxylic acids is 2. The monoisotopic (exact) mass is 516 g/mol. The molecule has 0 saturated heterocycles. The Labute approximate surface area is 205 Å². The largest absolute Gasteiger partial charge is 0.490 e. The quantitative estimate of drug-likeness (QED) is 0.264. The number of hydrogen-bond donors (Lipinski definition) is 1. The highest BCUT2D eigenvalue weighted by atomic mass is 32.2. The molecule has 1 amide bonds. The molecular weight excluding hydrogens is 496 g/mol. The number of rotatable bonds is 6. The van der Waals surface area contributed by atoms with E-state index in [9.17, 15) is 18.0 Å². The molecule has 2 aromatic rings. The van der Waals surface area contributed by atoms with Gasteiger partial charge in [-0.2, -0.15) is 9.39 Å². The molecule has 1 N–H and O–H groups in total. The average Bonchev–Trinajstić information content (AvgIpc) is 3.49. The molecule has 35 heavy (non-hydrogen) atoms. The first kappa shape index (κ1) is 24.4. The van der Waals surface area contributed by atoms with Crippen LogP contribution in [0.4, 0.5) is 0 Å². The predicted molar refractivity (Wildman–Crippen MR) is 130 cm³/mol. The number of amides is 1. The average molecular weight is 517 g/mol. The van der Waals surface area contributed by atoms with E-state index >= 15 is 0 Å². The molecule has 2 aliphatic rings. The zero-order valence-corrected chi connectivity index (χ0v) is 20.5. The van der Waals surface area contributed by atoms with Crippen molar-refractivity contribution in [3.63, 3.8) is 0 Å². The number of fused-ring (bicyclic) bond motifs is 1. The summed E-state index contributed by atoms with van der Waals surface area (Å²) in [5.41, 5.74) is 0.306. The van der Waals surface area contributed by atoms with E-state index in [1.807, 2.05) is 0 Å². The summed E-state index contributed by atoms with van der Waals surface area (Å²) in [6.45, 7) is 5.03. The molecule has 2 aliphatic heterocycles. The summed E-state index contributed by atoms with van der Waals surface area (Å²) in [6, 6.07) is 7.58. The smallest absolute Gasteiger partial charge is 0.379 e. The van der Waals surface area contributed by atoms with Crippen LogP contribution in [0.1, 0.15) is 36.9 Å². The lowest BCUT2D eigenvalue weighted by molar-refractivity contribution is -0.114. The third-order valence-electron chi connectivity index (χ3n) is 4.87. The second kappa shape index (κ2) is 9.50. The van der Waals surface area contributed by atoms with E-state index in [0.717, 1.165) is 16.8 Å². The van der Waals surface area contributed by atoms with Crippen LogP contribution in [-0.2, 0) is 14.6 Å². The van der Waals surface area contributed by atoms with Crippen LogP contribution in [0.5, 0.6) is 11.5 Å². The minimum Gasteiger partial charge on any atom is -0.490 e. The van der Waals surface area contributed by atoms with Gasteiger partial charge >= 0.3 is 5.97 Å². The van der Waals surface area contributed by atoms with Crippen molar-refractivity contribution >= 4 is 55.9 Å². The van der Waals surface area contributed by atoms with Gasteiger partial charge in [0.05, 0.1) is 35.6 Å². The molecule has 13 heteroatoms. The molecule has 3 heterocycles. The van der Waals surface area contributed by atoms with Gasteiger partial charge in [-0.05, 0) is 56.7 Å². The van der Waals surface area contributed by atoms with Crippen molar-refractivity contribution in [2.24, 2.45) is 9.39 Å². The number of ether oxygens (including phenoxy) is 2. The first-order chi connectivity index (χ1) is 16.6. The topological polar surface area (TPSA) is 152 Å². The first-order valence-corrected chi connectivity index (χ1v) is 12.7. The Morgan fingerprint density at radius 3 is 2.71 bits per heavy atom. The van der Waals surface area contributed by atoms with Gasteiger partial charge < -0.3 is 13.9 Å². The Hall–Kier alpha value is -3.71. The van der Waals surface area contributed by atoms with Crippen LogP contribution in [0.2, 0.25) is 0 Å². The van der Waals surface area contributed by atoms with Gasteiger partial charge in [-0.1, -0.05) is 6.07 Å². The van der Waals surface area contributed by atoms with Crippen molar-refractivity contribution in [3.05, 3.63) is 53.5 Å². The van der Waals surface area contributed by atoms with E-state index in [-0.39, 0.29) is 45.6 Å². The van der Waals surface area contributed by atoms with Crippen molar-refractivity contribution in [3.8, 4) is 11.5 Å². The van der Waals surface area contributed by atoms with Crippen LogP contribution >= 0.6 is 11.9 Å². The summed E-state index contributed by atoms with van der Waals surface area (Å²) in [4.78, 5) is 29.9. The maximum Gasteiger partial charge on any atom is 0.379 e. The van der Waals surface area contributed by atoms with Crippen LogP contribution in [0, 0.1) is 5.41 Å². The summed E-state index contributed by atoms with van der Waals surface area (Å²) >= 11 is 0.730. The van der Waals surface area contributed by atoms with Gasteiger partial charge in [-0.15, -0.1) is 0 Å². The molecule has 1 aromatic heterocycles. The fraction of sp³-hybridized carbons (Fsp3) is 0.227. The van der Waals surface area contributed by atoms with Crippen molar-refractivity contribution in [2.75, 3.05) is 6.61 Å². The lowest BCUT2D eigenvalue weighted by atomic mass is 10.1. The first-order valence-electron chi connectivity index (χ1n) is 10.4. The number of hydrogen-bond acceptors (Lipinski definition) is 10. The van der Waals surface area contributed by atoms with Crippen molar-refractivity contribution < 1.29 is 31.9 Å². The number of sulfone groups is 1. The van der Waals surface area contributed by atoms with Crippen LogP contribution in [0.25, 0.3) is 6.08 Å². The second-order valence-electron chi connectivity index (χ2n) is 7.51. The molecule has 0 aliphatic carbocycles. The van der Waals surface area contributed by atoms with Crippen molar-refractivity contribution in [1.29, 1.82) is 5.41 Å². The number of furan rings is 1. The maximum atomic E-state index is 12.7. The lowest BCUT2D eigenvalue weighted by Crippen LogP contribution is -2.46. The third kappa shape index (κ3) is 4.64. The lowest BCUT2D eigenvalue weighted by Gasteiger charge is -2.25. The summed E-state index contributed by atoms with van der Waals surface area (Å²) in [7, 11) is -3.82. The summed E-state index contributed by atoms with van der Waals surface area (Å²) in [5.74, 6) is -1.40. The maximum absolute atomic E-state index is 12.7. The Balaban J connectivity index is 1.66. The van der Waals surface area contributed by atoms with Gasteiger partial charge in [0.1, 0.15) is 5.84 Å². The van der Waals surface area contributed by atoms with Gasteiger partial charge in [0, 0.05) is 0 Å². The zero-order valence-electron chi connectivity index (χ0n) is 18.8. The number of esters is 1. The zero-order chi connectivity index (χ0) is 25.3. The highest BCUT2D eigenvalue weighted by Crippen LogP contribution is 2.33. The van der Waals surface area contributed by atoms with E-state index in [2.05, 4.69) is 9.39 Å².